The molecular weight excluding hydrogens is 356 g/mol. The number of anilines is 1. The van der Waals surface area contributed by atoms with Crippen LogP contribution in [0.5, 0.6) is 5.75 Å². The van der Waals surface area contributed by atoms with Crippen LogP contribution in [0.4, 0.5) is 5.69 Å². The summed E-state index contributed by atoms with van der Waals surface area (Å²) in [7, 11) is 1.72. The Morgan fingerprint density at radius 1 is 1.32 bits per heavy atom. The van der Waals surface area contributed by atoms with E-state index in [1.54, 1.807) is 12.0 Å². The molecule has 2 aliphatic heterocycles. The summed E-state index contributed by atoms with van der Waals surface area (Å²) in [6.45, 7) is 8.04. The number of piperazine rings is 1. The quantitative estimate of drug-likeness (QED) is 0.755. The van der Waals surface area contributed by atoms with Crippen molar-refractivity contribution in [2.45, 2.75) is 44.9 Å². The molecule has 0 unspecified atom stereocenters. The second kappa shape index (κ2) is 8.87. The average Bonchev–Trinajstić information content (AvgIpc) is 3.42. The number of ether oxygens (including phenoxy) is 2. The van der Waals surface area contributed by atoms with Crippen molar-refractivity contribution < 1.29 is 14.4 Å². The Kier molecular flexibility index (Phi) is 6.07. The standard InChI is InChI=1S/C20H30N6O2/c1-3-19(20-21-22-23-26(20)15-18-8-5-13-28-18)25-11-9-24(10-12-25)16-6-4-7-17(14-16)27-2/h4,6-7,14,18-19H,3,5,8-13,15H2,1-2H3/p+1/t18-,19+/m1/s1. The first-order valence-corrected chi connectivity index (χ1v) is 10.4. The maximum atomic E-state index is 5.78. The topological polar surface area (TPSA) is 69.7 Å². The lowest BCUT2D eigenvalue weighted by Gasteiger charge is -2.37. The molecule has 2 atom stereocenters. The summed E-state index contributed by atoms with van der Waals surface area (Å²) in [5, 5.41) is 12.6. The molecule has 4 rings (SSSR count). The van der Waals surface area contributed by atoms with E-state index in [1.807, 2.05) is 10.7 Å². The first-order chi connectivity index (χ1) is 13.8. The number of nitrogens with zero attached hydrogens (tertiary/aromatic N) is 5. The predicted molar refractivity (Wildman–Crippen MR) is 106 cm³/mol. The molecule has 1 N–H and O–H groups in total. The number of aromatic nitrogens is 4. The van der Waals surface area contributed by atoms with Gasteiger partial charge in [-0.1, -0.05) is 13.0 Å². The third-order valence-corrected chi connectivity index (χ3v) is 6.00. The van der Waals surface area contributed by atoms with Crippen LogP contribution in [0.25, 0.3) is 0 Å². The van der Waals surface area contributed by atoms with E-state index in [-0.39, 0.29) is 6.10 Å². The van der Waals surface area contributed by atoms with Gasteiger partial charge in [0.25, 0.3) is 0 Å². The molecule has 0 amide bonds. The van der Waals surface area contributed by atoms with Gasteiger partial charge in [-0.2, -0.15) is 0 Å². The fraction of sp³-hybridized carbons (Fsp3) is 0.650. The molecule has 0 bridgehead atoms. The Hall–Kier alpha value is -2.19. The van der Waals surface area contributed by atoms with E-state index in [1.165, 1.54) is 5.69 Å². The molecule has 0 saturated carbocycles. The largest absolute Gasteiger partial charge is 0.497 e. The van der Waals surface area contributed by atoms with Crippen LogP contribution >= 0.6 is 0 Å². The number of nitrogens with one attached hydrogen (secondary N) is 1. The molecule has 1 aromatic carbocycles. The lowest BCUT2D eigenvalue weighted by molar-refractivity contribution is -0.933. The Bertz CT molecular complexity index is 753. The Balaban J connectivity index is 1.41. The van der Waals surface area contributed by atoms with Crippen molar-refractivity contribution >= 4 is 5.69 Å². The van der Waals surface area contributed by atoms with Gasteiger partial charge in [-0.05, 0) is 35.4 Å². The first kappa shape index (κ1) is 19.1. The third-order valence-electron chi connectivity index (χ3n) is 6.00. The summed E-state index contributed by atoms with van der Waals surface area (Å²) in [5.41, 5.74) is 1.23. The van der Waals surface area contributed by atoms with E-state index in [9.17, 15) is 0 Å². The normalized spacial score (nSPS) is 21.8. The van der Waals surface area contributed by atoms with Gasteiger partial charge in [-0.3, -0.25) is 0 Å². The first-order valence-electron chi connectivity index (χ1n) is 10.4. The van der Waals surface area contributed by atoms with Crippen LogP contribution < -0.4 is 14.5 Å². The second-order valence-corrected chi connectivity index (χ2v) is 7.66. The van der Waals surface area contributed by atoms with Gasteiger partial charge in [0.2, 0.25) is 5.82 Å². The number of hydrogen-bond donors (Lipinski definition) is 1. The monoisotopic (exact) mass is 387 g/mol. The van der Waals surface area contributed by atoms with E-state index in [2.05, 4.69) is 45.5 Å². The molecule has 152 valence electrons. The van der Waals surface area contributed by atoms with Crippen molar-refractivity contribution in [2.75, 3.05) is 44.8 Å². The number of hydrogen-bond acceptors (Lipinski definition) is 6. The predicted octanol–water partition coefficient (Wildman–Crippen LogP) is 0.717. The number of quaternary nitrogens is 1. The molecule has 8 heteroatoms. The maximum Gasteiger partial charge on any atom is 0.209 e. The molecule has 0 aliphatic carbocycles. The SMILES string of the molecule is CC[C@@H](c1nnnn1C[C@H]1CCCO1)[NH+]1CCN(c2cccc(OC)c2)CC1. The van der Waals surface area contributed by atoms with Gasteiger partial charge in [0.05, 0.1) is 45.9 Å². The van der Waals surface area contributed by atoms with Gasteiger partial charge in [0.15, 0.2) is 0 Å². The van der Waals surface area contributed by atoms with Crippen molar-refractivity contribution in [3.8, 4) is 5.75 Å². The zero-order valence-electron chi connectivity index (χ0n) is 16.9. The minimum atomic E-state index is 0.250. The molecule has 28 heavy (non-hydrogen) atoms. The Labute approximate surface area is 166 Å². The van der Waals surface area contributed by atoms with Crippen LogP contribution in [0.1, 0.15) is 38.1 Å². The molecule has 3 heterocycles. The molecule has 2 aromatic rings. The van der Waals surface area contributed by atoms with Crippen molar-refractivity contribution in [1.29, 1.82) is 0 Å². The van der Waals surface area contributed by atoms with E-state index >= 15 is 0 Å². The average molecular weight is 388 g/mol. The number of benzene rings is 1. The number of rotatable bonds is 7. The van der Waals surface area contributed by atoms with Crippen molar-refractivity contribution in [1.82, 2.24) is 20.2 Å². The van der Waals surface area contributed by atoms with E-state index < -0.39 is 0 Å². The third kappa shape index (κ3) is 4.12. The highest BCUT2D eigenvalue weighted by atomic mass is 16.5. The molecule has 0 radical (unpaired) electrons. The maximum absolute atomic E-state index is 5.78. The van der Waals surface area contributed by atoms with Gasteiger partial charge in [-0.15, -0.1) is 5.10 Å². The number of methoxy groups -OCH3 is 1. The molecule has 1 aromatic heterocycles. The van der Waals surface area contributed by atoms with Gasteiger partial charge in [-0.25, -0.2) is 4.68 Å². The summed E-state index contributed by atoms with van der Waals surface area (Å²) in [4.78, 5) is 4.00. The molecule has 2 saturated heterocycles. The van der Waals surface area contributed by atoms with Crippen LogP contribution in [0, 0.1) is 0 Å². The summed E-state index contributed by atoms with van der Waals surface area (Å²) in [5.74, 6) is 1.91. The Morgan fingerprint density at radius 3 is 2.89 bits per heavy atom. The van der Waals surface area contributed by atoms with E-state index in [4.69, 9.17) is 9.47 Å². The Morgan fingerprint density at radius 2 is 2.18 bits per heavy atom. The summed E-state index contributed by atoms with van der Waals surface area (Å²) in [6.07, 6.45) is 3.51. The second-order valence-electron chi connectivity index (χ2n) is 7.66. The number of tetrazole rings is 1. The van der Waals surface area contributed by atoms with Crippen LogP contribution in [-0.4, -0.2) is 66.2 Å². The summed E-state index contributed by atoms with van der Waals surface area (Å²) >= 11 is 0. The smallest absolute Gasteiger partial charge is 0.209 e. The van der Waals surface area contributed by atoms with Crippen LogP contribution in [0.3, 0.4) is 0 Å². The van der Waals surface area contributed by atoms with Crippen molar-refractivity contribution in [3.05, 3.63) is 30.1 Å². The minimum absolute atomic E-state index is 0.250. The zero-order valence-corrected chi connectivity index (χ0v) is 16.9. The lowest BCUT2D eigenvalue weighted by atomic mass is 10.1. The lowest BCUT2D eigenvalue weighted by Crippen LogP contribution is -3.15. The van der Waals surface area contributed by atoms with E-state index in [0.29, 0.717) is 6.04 Å². The highest BCUT2D eigenvalue weighted by Gasteiger charge is 2.32. The fourth-order valence-corrected chi connectivity index (χ4v) is 4.43. The van der Waals surface area contributed by atoms with Gasteiger partial charge < -0.3 is 19.3 Å². The molecule has 2 fully saturated rings. The fourth-order valence-electron chi connectivity index (χ4n) is 4.43. The van der Waals surface area contributed by atoms with Crippen molar-refractivity contribution in [3.63, 3.8) is 0 Å². The molecular formula is C20H31N6O2+. The zero-order chi connectivity index (χ0) is 19.3. The molecule has 2 aliphatic rings. The van der Waals surface area contributed by atoms with Gasteiger partial charge >= 0.3 is 0 Å². The summed E-state index contributed by atoms with van der Waals surface area (Å²) < 4.78 is 13.1. The van der Waals surface area contributed by atoms with Gasteiger partial charge in [0.1, 0.15) is 11.8 Å². The van der Waals surface area contributed by atoms with E-state index in [0.717, 1.165) is 70.2 Å². The summed E-state index contributed by atoms with van der Waals surface area (Å²) in [6, 6.07) is 8.65. The van der Waals surface area contributed by atoms with Crippen LogP contribution in [0.2, 0.25) is 0 Å². The minimum Gasteiger partial charge on any atom is -0.497 e. The highest BCUT2D eigenvalue weighted by molar-refractivity contribution is 5.50. The van der Waals surface area contributed by atoms with Crippen LogP contribution in [-0.2, 0) is 11.3 Å². The molecule has 0 spiro atoms. The molecule has 8 nitrogen and oxygen atoms in total. The van der Waals surface area contributed by atoms with Crippen molar-refractivity contribution in [2.24, 2.45) is 0 Å². The van der Waals surface area contributed by atoms with Crippen LogP contribution in [0.15, 0.2) is 24.3 Å². The van der Waals surface area contributed by atoms with Gasteiger partial charge in [0, 0.05) is 24.8 Å². The highest BCUT2D eigenvalue weighted by Crippen LogP contribution is 2.21.